The van der Waals surface area contributed by atoms with Crippen molar-refractivity contribution in [2.45, 2.75) is 6.54 Å². The molecule has 0 radical (unpaired) electrons. The minimum absolute atomic E-state index is 0.0137. The zero-order valence-electron chi connectivity index (χ0n) is 13.8. The fraction of sp³-hybridized carbons (Fsp3) is 0.0526. The molecule has 2 aromatic carbocycles. The summed E-state index contributed by atoms with van der Waals surface area (Å²) in [5.41, 5.74) is 1.10. The summed E-state index contributed by atoms with van der Waals surface area (Å²) in [7, 11) is 0. The maximum atomic E-state index is 13.7. The summed E-state index contributed by atoms with van der Waals surface area (Å²) in [6.07, 6.45) is 1.40. The lowest BCUT2D eigenvalue weighted by molar-refractivity contribution is 0.102. The van der Waals surface area contributed by atoms with Gasteiger partial charge in [-0.05, 0) is 42.0 Å². The fourth-order valence-corrected chi connectivity index (χ4v) is 2.41. The third-order valence-corrected chi connectivity index (χ3v) is 3.94. The number of halogens is 4. The molecule has 8 heteroatoms. The molecule has 27 heavy (non-hydrogen) atoms. The van der Waals surface area contributed by atoms with Gasteiger partial charge in [-0.15, -0.1) is 0 Å². The summed E-state index contributed by atoms with van der Waals surface area (Å²) < 4.78 is 39.9. The summed E-state index contributed by atoms with van der Waals surface area (Å²) >= 11 is 5.84. The van der Waals surface area contributed by atoms with Crippen LogP contribution < -0.4 is 10.6 Å². The van der Waals surface area contributed by atoms with Crippen LogP contribution in [0.1, 0.15) is 16.1 Å². The number of rotatable bonds is 5. The second kappa shape index (κ2) is 8.09. The second-order valence-corrected chi connectivity index (χ2v) is 6.02. The van der Waals surface area contributed by atoms with Crippen LogP contribution in [0.15, 0.2) is 54.7 Å². The summed E-state index contributed by atoms with van der Waals surface area (Å²) in [4.78, 5) is 16.1. The molecule has 0 bridgehead atoms. The van der Waals surface area contributed by atoms with E-state index in [1.807, 2.05) is 12.1 Å². The molecule has 0 spiro atoms. The average Bonchev–Trinajstić information content (AvgIpc) is 2.68. The second-order valence-electron chi connectivity index (χ2n) is 5.59. The number of carbonyl (C=O) groups is 1. The maximum absolute atomic E-state index is 13.7. The van der Waals surface area contributed by atoms with Crippen LogP contribution in [-0.2, 0) is 6.54 Å². The smallest absolute Gasteiger partial charge is 0.274 e. The van der Waals surface area contributed by atoms with Crippen molar-refractivity contribution in [1.82, 2.24) is 4.98 Å². The minimum Gasteiger partial charge on any atom is -0.381 e. The first kappa shape index (κ1) is 18.7. The highest BCUT2D eigenvalue weighted by molar-refractivity contribution is 6.30. The summed E-state index contributed by atoms with van der Waals surface area (Å²) in [5.74, 6) is -5.22. The van der Waals surface area contributed by atoms with Gasteiger partial charge in [0.25, 0.3) is 5.91 Å². The highest BCUT2D eigenvalue weighted by atomic mass is 35.5. The zero-order chi connectivity index (χ0) is 19.4. The SMILES string of the molecule is O=C(Nc1ccc(F)c(F)c1F)c1cc(NCc2ccc(Cl)cc2)ccn1. The topological polar surface area (TPSA) is 54.0 Å². The third kappa shape index (κ3) is 4.57. The van der Waals surface area contributed by atoms with Gasteiger partial charge in [0.15, 0.2) is 17.5 Å². The van der Waals surface area contributed by atoms with E-state index < -0.39 is 29.0 Å². The van der Waals surface area contributed by atoms with E-state index in [0.717, 1.165) is 17.7 Å². The standard InChI is InChI=1S/C19H13ClF3N3O/c20-12-3-1-11(2-4-12)10-25-13-7-8-24-16(9-13)19(27)26-15-6-5-14(21)17(22)18(15)23/h1-9H,10H2,(H,24,25)(H,26,27). The Morgan fingerprint density at radius 2 is 1.74 bits per heavy atom. The molecule has 2 N–H and O–H groups in total. The fourth-order valence-electron chi connectivity index (χ4n) is 2.28. The lowest BCUT2D eigenvalue weighted by Crippen LogP contribution is -2.15. The van der Waals surface area contributed by atoms with Crippen molar-refractivity contribution in [2.75, 3.05) is 10.6 Å². The number of aromatic nitrogens is 1. The van der Waals surface area contributed by atoms with Crippen molar-refractivity contribution in [2.24, 2.45) is 0 Å². The summed E-state index contributed by atoms with van der Waals surface area (Å²) in [6.45, 7) is 0.486. The van der Waals surface area contributed by atoms with Gasteiger partial charge in [-0.25, -0.2) is 13.2 Å². The Labute approximate surface area is 158 Å². The predicted molar refractivity (Wildman–Crippen MR) is 97.3 cm³/mol. The number of amides is 1. The number of pyridine rings is 1. The van der Waals surface area contributed by atoms with Gasteiger partial charge in [0, 0.05) is 23.5 Å². The molecule has 1 amide bonds. The van der Waals surface area contributed by atoms with E-state index in [0.29, 0.717) is 17.3 Å². The quantitative estimate of drug-likeness (QED) is 0.601. The van der Waals surface area contributed by atoms with Crippen LogP contribution in [-0.4, -0.2) is 10.9 Å². The summed E-state index contributed by atoms with van der Waals surface area (Å²) in [6, 6.07) is 12.0. The average molecular weight is 392 g/mol. The van der Waals surface area contributed by atoms with Gasteiger partial charge in [0.1, 0.15) is 5.69 Å². The molecule has 1 heterocycles. The van der Waals surface area contributed by atoms with E-state index in [1.165, 1.54) is 12.3 Å². The minimum atomic E-state index is -1.65. The Hall–Kier alpha value is -3.06. The Kier molecular flexibility index (Phi) is 5.61. The molecule has 0 unspecified atom stereocenters. The molecule has 3 rings (SSSR count). The largest absolute Gasteiger partial charge is 0.381 e. The first-order valence-electron chi connectivity index (χ1n) is 7.83. The van der Waals surface area contributed by atoms with E-state index in [4.69, 9.17) is 11.6 Å². The molecule has 0 aliphatic carbocycles. The van der Waals surface area contributed by atoms with Crippen LogP contribution in [0.5, 0.6) is 0 Å². The van der Waals surface area contributed by atoms with Crippen molar-refractivity contribution in [1.29, 1.82) is 0 Å². The number of nitrogens with one attached hydrogen (secondary N) is 2. The highest BCUT2D eigenvalue weighted by Gasteiger charge is 2.16. The zero-order valence-corrected chi connectivity index (χ0v) is 14.5. The van der Waals surface area contributed by atoms with Gasteiger partial charge in [0.05, 0.1) is 5.69 Å². The lowest BCUT2D eigenvalue weighted by Gasteiger charge is -2.09. The maximum Gasteiger partial charge on any atom is 0.274 e. The van der Waals surface area contributed by atoms with E-state index >= 15 is 0 Å². The van der Waals surface area contributed by atoms with Gasteiger partial charge < -0.3 is 10.6 Å². The third-order valence-electron chi connectivity index (χ3n) is 3.69. The summed E-state index contributed by atoms with van der Waals surface area (Å²) in [5, 5.41) is 5.93. The van der Waals surface area contributed by atoms with Crippen molar-refractivity contribution in [3.63, 3.8) is 0 Å². The van der Waals surface area contributed by atoms with Crippen molar-refractivity contribution < 1.29 is 18.0 Å². The molecule has 0 saturated carbocycles. The highest BCUT2D eigenvalue weighted by Crippen LogP contribution is 2.20. The monoisotopic (exact) mass is 391 g/mol. The lowest BCUT2D eigenvalue weighted by atomic mass is 10.2. The first-order valence-corrected chi connectivity index (χ1v) is 8.21. The molecule has 0 saturated heterocycles. The van der Waals surface area contributed by atoms with Crippen molar-refractivity contribution in [3.8, 4) is 0 Å². The molecule has 0 aliphatic heterocycles. The number of nitrogens with zero attached hydrogens (tertiary/aromatic N) is 1. The van der Waals surface area contributed by atoms with Gasteiger partial charge in [-0.2, -0.15) is 0 Å². The number of hydrogen-bond acceptors (Lipinski definition) is 3. The van der Waals surface area contributed by atoms with Crippen LogP contribution in [0.2, 0.25) is 5.02 Å². The van der Waals surface area contributed by atoms with Gasteiger partial charge >= 0.3 is 0 Å². The molecule has 0 atom stereocenters. The molecular weight excluding hydrogens is 379 g/mol. The van der Waals surface area contributed by atoms with E-state index in [-0.39, 0.29) is 5.69 Å². The van der Waals surface area contributed by atoms with Crippen LogP contribution in [0, 0.1) is 17.5 Å². The van der Waals surface area contributed by atoms with Gasteiger partial charge in [-0.3, -0.25) is 9.78 Å². The molecular formula is C19H13ClF3N3O. The van der Waals surface area contributed by atoms with Crippen LogP contribution in [0.3, 0.4) is 0 Å². The van der Waals surface area contributed by atoms with Crippen molar-refractivity contribution >= 4 is 28.9 Å². The van der Waals surface area contributed by atoms with Crippen LogP contribution >= 0.6 is 11.6 Å². The van der Waals surface area contributed by atoms with Gasteiger partial charge in [-0.1, -0.05) is 23.7 Å². The molecule has 0 aliphatic rings. The number of hydrogen-bond donors (Lipinski definition) is 2. The van der Waals surface area contributed by atoms with Gasteiger partial charge in [0.2, 0.25) is 0 Å². The Bertz CT molecular complexity index is 980. The molecule has 1 aromatic heterocycles. The Morgan fingerprint density at radius 1 is 1.00 bits per heavy atom. The van der Waals surface area contributed by atoms with E-state index in [9.17, 15) is 18.0 Å². The Morgan fingerprint density at radius 3 is 2.48 bits per heavy atom. The first-order chi connectivity index (χ1) is 12.9. The predicted octanol–water partition coefficient (Wildman–Crippen LogP) is 5.02. The Balaban J connectivity index is 1.70. The molecule has 0 fully saturated rings. The van der Waals surface area contributed by atoms with Crippen LogP contribution in [0.4, 0.5) is 24.5 Å². The molecule has 4 nitrogen and oxygen atoms in total. The van der Waals surface area contributed by atoms with E-state index in [1.54, 1.807) is 18.2 Å². The number of carbonyl (C=O) groups excluding carboxylic acids is 1. The van der Waals surface area contributed by atoms with Crippen molar-refractivity contribution in [3.05, 3.63) is 88.5 Å². The molecule has 138 valence electrons. The normalized spacial score (nSPS) is 10.5. The number of benzene rings is 2. The number of anilines is 2. The van der Waals surface area contributed by atoms with Crippen LogP contribution in [0.25, 0.3) is 0 Å². The van der Waals surface area contributed by atoms with E-state index in [2.05, 4.69) is 15.6 Å². The molecule has 3 aromatic rings.